The van der Waals surface area contributed by atoms with Crippen molar-refractivity contribution in [3.05, 3.63) is 0 Å². The van der Waals surface area contributed by atoms with Gasteiger partial charge < -0.3 is 14.8 Å². The number of hydrogen-bond donors (Lipinski definition) is 1. The molecular formula is C13H23NO5. The number of hydrogen-bond acceptors (Lipinski definition) is 5. The van der Waals surface area contributed by atoms with Crippen LogP contribution >= 0.6 is 0 Å². The highest BCUT2D eigenvalue weighted by molar-refractivity contribution is 5.84. The van der Waals surface area contributed by atoms with Crippen LogP contribution in [0.15, 0.2) is 0 Å². The molecule has 0 radical (unpaired) electrons. The summed E-state index contributed by atoms with van der Waals surface area (Å²) in [7, 11) is 0. The van der Waals surface area contributed by atoms with Crippen LogP contribution in [0.3, 0.4) is 0 Å². The van der Waals surface area contributed by atoms with Crippen molar-refractivity contribution in [1.82, 2.24) is 5.32 Å². The topological polar surface area (TPSA) is 81.7 Å². The summed E-state index contributed by atoms with van der Waals surface area (Å²) in [6.45, 7) is 5.80. The van der Waals surface area contributed by atoms with E-state index in [0.717, 1.165) is 0 Å². The Balaban J connectivity index is 4.37. The van der Waals surface area contributed by atoms with Crippen LogP contribution in [0.5, 0.6) is 0 Å². The van der Waals surface area contributed by atoms with Crippen molar-refractivity contribution in [3.8, 4) is 0 Å². The summed E-state index contributed by atoms with van der Waals surface area (Å²) in [6.07, 6.45) is 1.30. The predicted octanol–water partition coefficient (Wildman–Crippen LogP) is 1.18. The van der Waals surface area contributed by atoms with Gasteiger partial charge in [0.1, 0.15) is 6.04 Å². The fourth-order valence-corrected chi connectivity index (χ4v) is 1.48. The second kappa shape index (κ2) is 10.3. The Hall–Kier alpha value is -1.59. The van der Waals surface area contributed by atoms with Crippen LogP contribution in [-0.2, 0) is 23.9 Å². The van der Waals surface area contributed by atoms with Gasteiger partial charge in [-0.15, -0.1) is 0 Å². The Morgan fingerprint density at radius 2 is 1.63 bits per heavy atom. The highest BCUT2D eigenvalue weighted by atomic mass is 16.5. The molecule has 110 valence electrons. The van der Waals surface area contributed by atoms with Crippen molar-refractivity contribution in [2.75, 3.05) is 13.2 Å². The van der Waals surface area contributed by atoms with Gasteiger partial charge in [0.15, 0.2) is 0 Å². The lowest BCUT2D eigenvalue weighted by Gasteiger charge is -2.16. The Bertz CT molecular complexity index is 303. The molecule has 1 unspecified atom stereocenters. The summed E-state index contributed by atoms with van der Waals surface area (Å²) in [5.74, 6) is -1.12. The van der Waals surface area contributed by atoms with Crippen molar-refractivity contribution in [2.45, 2.75) is 52.5 Å². The molecule has 0 aromatic rings. The van der Waals surface area contributed by atoms with Crippen LogP contribution in [0.2, 0.25) is 0 Å². The number of nitrogens with one attached hydrogen (secondary N) is 1. The lowest BCUT2D eigenvalue weighted by Crippen LogP contribution is -2.42. The standard InChI is InChI=1S/C13H23NO5/c1-4-7-11(15)14-10(13(17)19-6-3)8-9-12(16)18-5-2/h10H,4-9H2,1-3H3,(H,14,15). The third-order valence-corrected chi connectivity index (χ3v) is 2.33. The van der Waals surface area contributed by atoms with Crippen LogP contribution in [0.25, 0.3) is 0 Å². The van der Waals surface area contributed by atoms with Crippen molar-refractivity contribution in [2.24, 2.45) is 0 Å². The van der Waals surface area contributed by atoms with Crippen molar-refractivity contribution in [1.29, 1.82) is 0 Å². The van der Waals surface area contributed by atoms with Crippen LogP contribution < -0.4 is 5.32 Å². The molecule has 1 N–H and O–H groups in total. The average Bonchev–Trinajstić information content (AvgIpc) is 2.35. The smallest absolute Gasteiger partial charge is 0.328 e. The molecule has 6 nitrogen and oxygen atoms in total. The molecule has 0 aromatic carbocycles. The van der Waals surface area contributed by atoms with Gasteiger partial charge in [-0.1, -0.05) is 6.92 Å². The molecule has 0 bridgehead atoms. The maximum Gasteiger partial charge on any atom is 0.328 e. The van der Waals surface area contributed by atoms with E-state index >= 15 is 0 Å². The normalized spacial score (nSPS) is 11.5. The molecule has 0 saturated carbocycles. The first kappa shape index (κ1) is 17.4. The monoisotopic (exact) mass is 273 g/mol. The third-order valence-electron chi connectivity index (χ3n) is 2.33. The summed E-state index contributed by atoms with van der Waals surface area (Å²) in [5.41, 5.74) is 0. The van der Waals surface area contributed by atoms with E-state index in [1.54, 1.807) is 13.8 Å². The van der Waals surface area contributed by atoms with E-state index in [-0.39, 0.29) is 31.3 Å². The summed E-state index contributed by atoms with van der Waals surface area (Å²) in [6, 6.07) is -0.789. The van der Waals surface area contributed by atoms with E-state index in [4.69, 9.17) is 9.47 Å². The number of amides is 1. The first-order chi connectivity index (χ1) is 9.04. The van der Waals surface area contributed by atoms with Crippen LogP contribution in [0.4, 0.5) is 0 Å². The SMILES string of the molecule is CCCC(=O)NC(CCC(=O)OCC)C(=O)OCC. The molecule has 1 amide bonds. The van der Waals surface area contributed by atoms with Crippen molar-refractivity contribution in [3.63, 3.8) is 0 Å². The summed E-state index contributed by atoms with van der Waals surface area (Å²) >= 11 is 0. The highest BCUT2D eigenvalue weighted by Gasteiger charge is 2.22. The van der Waals surface area contributed by atoms with E-state index in [1.807, 2.05) is 6.92 Å². The molecule has 0 rings (SSSR count). The predicted molar refractivity (Wildman–Crippen MR) is 69.3 cm³/mol. The second-order valence-electron chi connectivity index (χ2n) is 3.97. The van der Waals surface area contributed by atoms with Gasteiger partial charge in [0, 0.05) is 12.8 Å². The molecule has 0 fully saturated rings. The van der Waals surface area contributed by atoms with Crippen LogP contribution in [-0.4, -0.2) is 37.1 Å². The van der Waals surface area contributed by atoms with E-state index in [9.17, 15) is 14.4 Å². The van der Waals surface area contributed by atoms with Gasteiger partial charge in [-0.25, -0.2) is 4.79 Å². The van der Waals surface area contributed by atoms with Gasteiger partial charge in [0.05, 0.1) is 13.2 Å². The van der Waals surface area contributed by atoms with Gasteiger partial charge in [0.2, 0.25) is 5.91 Å². The lowest BCUT2D eigenvalue weighted by molar-refractivity contribution is -0.148. The first-order valence-electron chi connectivity index (χ1n) is 6.66. The number of carbonyl (C=O) groups excluding carboxylic acids is 3. The first-order valence-corrected chi connectivity index (χ1v) is 6.66. The van der Waals surface area contributed by atoms with Gasteiger partial charge >= 0.3 is 11.9 Å². The zero-order valence-electron chi connectivity index (χ0n) is 11.9. The fraction of sp³-hybridized carbons (Fsp3) is 0.769. The van der Waals surface area contributed by atoms with Gasteiger partial charge in [-0.3, -0.25) is 9.59 Å². The molecule has 0 heterocycles. The van der Waals surface area contributed by atoms with Crippen molar-refractivity contribution >= 4 is 17.8 Å². The van der Waals surface area contributed by atoms with Crippen LogP contribution in [0.1, 0.15) is 46.5 Å². The molecule has 19 heavy (non-hydrogen) atoms. The lowest BCUT2D eigenvalue weighted by atomic mass is 10.1. The molecule has 6 heteroatoms. The highest BCUT2D eigenvalue weighted by Crippen LogP contribution is 2.03. The number of ether oxygens (including phenoxy) is 2. The minimum Gasteiger partial charge on any atom is -0.466 e. The van der Waals surface area contributed by atoms with E-state index in [2.05, 4.69) is 5.32 Å². The maximum atomic E-state index is 11.7. The summed E-state index contributed by atoms with van der Waals surface area (Å²) in [5, 5.41) is 2.58. The van der Waals surface area contributed by atoms with Gasteiger partial charge in [0.25, 0.3) is 0 Å². The maximum absolute atomic E-state index is 11.7. The summed E-state index contributed by atoms with van der Waals surface area (Å²) < 4.78 is 9.65. The minimum absolute atomic E-state index is 0.0731. The minimum atomic E-state index is -0.789. The molecule has 0 saturated heterocycles. The quantitative estimate of drug-likeness (QED) is 0.638. The summed E-state index contributed by atoms with van der Waals surface area (Å²) in [4.78, 5) is 34.4. The van der Waals surface area contributed by atoms with Crippen LogP contribution in [0, 0.1) is 0 Å². The zero-order chi connectivity index (χ0) is 14.7. The number of esters is 2. The van der Waals surface area contributed by atoms with Gasteiger partial charge in [-0.05, 0) is 26.7 Å². The Kier molecular flexibility index (Phi) is 9.48. The average molecular weight is 273 g/mol. The Morgan fingerprint density at radius 3 is 2.16 bits per heavy atom. The van der Waals surface area contributed by atoms with Gasteiger partial charge in [-0.2, -0.15) is 0 Å². The van der Waals surface area contributed by atoms with E-state index in [1.165, 1.54) is 0 Å². The van der Waals surface area contributed by atoms with E-state index < -0.39 is 12.0 Å². The third kappa shape index (κ3) is 8.18. The molecule has 0 aromatic heterocycles. The fourth-order valence-electron chi connectivity index (χ4n) is 1.48. The molecule has 0 aliphatic rings. The molecule has 0 aliphatic carbocycles. The number of rotatable bonds is 9. The largest absolute Gasteiger partial charge is 0.466 e. The molecular weight excluding hydrogens is 250 g/mol. The van der Waals surface area contributed by atoms with Crippen molar-refractivity contribution < 1.29 is 23.9 Å². The second-order valence-corrected chi connectivity index (χ2v) is 3.97. The molecule has 0 spiro atoms. The van der Waals surface area contributed by atoms with E-state index in [0.29, 0.717) is 19.4 Å². The Morgan fingerprint density at radius 1 is 1.00 bits per heavy atom. The molecule has 1 atom stereocenters. The molecule has 0 aliphatic heterocycles. The zero-order valence-corrected chi connectivity index (χ0v) is 11.9. The Labute approximate surface area is 113 Å². The number of carbonyl (C=O) groups is 3.